The molecular weight excluding hydrogens is 498 g/mol. The maximum absolute atomic E-state index is 13.8. The molecule has 2 amide bonds. The number of anilines is 1. The third-order valence-corrected chi connectivity index (χ3v) is 7.68. The summed E-state index contributed by atoms with van der Waals surface area (Å²) in [6.45, 7) is 5.42. The van der Waals surface area contributed by atoms with Gasteiger partial charge in [-0.15, -0.1) is 0 Å². The summed E-state index contributed by atoms with van der Waals surface area (Å²) in [4.78, 5) is 46.3. The minimum absolute atomic E-state index is 0.155. The molecule has 0 aromatic heterocycles. The number of carbonyl (C=O) groups excluding carboxylic acids is 3. The molecule has 0 unspecified atom stereocenters. The fourth-order valence-corrected chi connectivity index (χ4v) is 5.49. The molecule has 2 aromatic carbocycles. The van der Waals surface area contributed by atoms with Gasteiger partial charge in [0.1, 0.15) is 10.6 Å². The van der Waals surface area contributed by atoms with E-state index in [0.29, 0.717) is 26.9 Å². The molecule has 1 fully saturated rings. The number of thioether (sulfide) groups is 1. The van der Waals surface area contributed by atoms with Crippen LogP contribution in [0.15, 0.2) is 64.0 Å². The van der Waals surface area contributed by atoms with Gasteiger partial charge in [0.05, 0.1) is 17.4 Å². The van der Waals surface area contributed by atoms with Crippen molar-refractivity contribution in [3.63, 3.8) is 0 Å². The van der Waals surface area contributed by atoms with Crippen LogP contribution >= 0.6 is 23.4 Å². The van der Waals surface area contributed by atoms with Crippen molar-refractivity contribution in [1.29, 1.82) is 0 Å². The number of ether oxygens (including phenoxy) is 1. The first kappa shape index (κ1) is 26.3. The third kappa shape index (κ3) is 5.61. The standard InChI is InChI=1S/C27H30ClN3O4S/c1-17(2)35-27(34)18-5-9-21(10-6-18)31-25(32)23(30(4)20-13-15-29(3)16-14-20)24(26(31)33)36-22-11-7-19(28)8-12-22/h5-12,17,20H,13-16H2,1-4H3. The minimum atomic E-state index is -0.449. The van der Waals surface area contributed by atoms with Crippen molar-refractivity contribution in [2.75, 3.05) is 32.1 Å². The van der Waals surface area contributed by atoms with Crippen LogP contribution in [0.1, 0.15) is 37.0 Å². The van der Waals surface area contributed by atoms with Crippen LogP contribution in [0.25, 0.3) is 0 Å². The molecule has 190 valence electrons. The number of rotatable bonds is 7. The van der Waals surface area contributed by atoms with Crippen molar-refractivity contribution in [3.8, 4) is 0 Å². The second-order valence-corrected chi connectivity index (χ2v) is 10.8. The second-order valence-electron chi connectivity index (χ2n) is 9.33. The molecule has 2 aliphatic rings. The number of nitrogens with zero attached hydrogens (tertiary/aromatic N) is 3. The maximum Gasteiger partial charge on any atom is 0.338 e. The number of halogens is 1. The first-order valence-electron chi connectivity index (χ1n) is 11.9. The van der Waals surface area contributed by atoms with Gasteiger partial charge in [-0.1, -0.05) is 23.4 Å². The van der Waals surface area contributed by atoms with Crippen molar-refractivity contribution in [1.82, 2.24) is 9.80 Å². The molecule has 0 spiro atoms. The van der Waals surface area contributed by atoms with E-state index < -0.39 is 5.97 Å². The van der Waals surface area contributed by atoms with Crippen LogP contribution in [0.4, 0.5) is 5.69 Å². The summed E-state index contributed by atoms with van der Waals surface area (Å²) in [5, 5.41) is 0.600. The van der Waals surface area contributed by atoms with Gasteiger partial charge in [-0.3, -0.25) is 9.59 Å². The Morgan fingerprint density at radius 1 is 1.03 bits per heavy atom. The minimum Gasteiger partial charge on any atom is -0.459 e. The van der Waals surface area contributed by atoms with Crippen LogP contribution in [0.5, 0.6) is 0 Å². The van der Waals surface area contributed by atoms with E-state index in [4.69, 9.17) is 16.3 Å². The summed E-state index contributed by atoms with van der Waals surface area (Å²) < 4.78 is 5.24. The van der Waals surface area contributed by atoms with E-state index in [-0.39, 0.29) is 24.0 Å². The molecule has 0 radical (unpaired) electrons. The number of hydrogen-bond acceptors (Lipinski definition) is 7. The molecule has 0 N–H and O–H groups in total. The number of carbonyl (C=O) groups is 3. The predicted molar refractivity (Wildman–Crippen MR) is 142 cm³/mol. The smallest absolute Gasteiger partial charge is 0.338 e. The van der Waals surface area contributed by atoms with Crippen LogP contribution in [0, 0.1) is 0 Å². The molecular formula is C27H30ClN3O4S. The van der Waals surface area contributed by atoms with E-state index >= 15 is 0 Å². The van der Waals surface area contributed by atoms with Crippen LogP contribution in [-0.4, -0.2) is 66.9 Å². The van der Waals surface area contributed by atoms with Crippen molar-refractivity contribution in [2.45, 2.75) is 43.7 Å². The van der Waals surface area contributed by atoms with Gasteiger partial charge in [-0.05, 0) is 95.4 Å². The van der Waals surface area contributed by atoms with Crippen molar-refractivity contribution >= 4 is 46.8 Å². The molecule has 0 saturated carbocycles. The highest BCUT2D eigenvalue weighted by atomic mass is 35.5. The Bertz CT molecular complexity index is 1170. The van der Waals surface area contributed by atoms with Gasteiger partial charge in [0.15, 0.2) is 0 Å². The van der Waals surface area contributed by atoms with Gasteiger partial charge < -0.3 is 14.5 Å². The number of likely N-dealkylation sites (N-methyl/N-ethyl adjacent to an activating group) is 1. The normalized spacial score (nSPS) is 17.3. The van der Waals surface area contributed by atoms with Gasteiger partial charge in [0.2, 0.25) is 0 Å². The molecule has 7 nitrogen and oxygen atoms in total. The molecule has 2 aliphatic heterocycles. The summed E-state index contributed by atoms with van der Waals surface area (Å²) in [5.41, 5.74) is 1.17. The number of amides is 2. The Labute approximate surface area is 221 Å². The highest BCUT2D eigenvalue weighted by molar-refractivity contribution is 8.04. The number of likely N-dealkylation sites (tertiary alicyclic amines) is 1. The molecule has 36 heavy (non-hydrogen) atoms. The summed E-state index contributed by atoms with van der Waals surface area (Å²) in [5.74, 6) is -1.20. The maximum atomic E-state index is 13.8. The van der Waals surface area contributed by atoms with Gasteiger partial charge in [-0.25, -0.2) is 9.69 Å². The number of esters is 1. The highest BCUT2D eigenvalue weighted by Crippen LogP contribution is 2.40. The van der Waals surface area contributed by atoms with Crippen LogP contribution in [0.2, 0.25) is 5.02 Å². The molecule has 2 aromatic rings. The lowest BCUT2D eigenvalue weighted by Crippen LogP contribution is -2.43. The van der Waals surface area contributed by atoms with E-state index in [2.05, 4.69) is 11.9 Å². The highest BCUT2D eigenvalue weighted by Gasteiger charge is 2.43. The van der Waals surface area contributed by atoms with Crippen LogP contribution < -0.4 is 4.90 Å². The van der Waals surface area contributed by atoms with Gasteiger partial charge in [-0.2, -0.15) is 0 Å². The summed E-state index contributed by atoms with van der Waals surface area (Å²) in [7, 11) is 3.98. The fourth-order valence-electron chi connectivity index (χ4n) is 4.35. The topological polar surface area (TPSA) is 70.2 Å². The lowest BCUT2D eigenvalue weighted by Gasteiger charge is -2.36. The molecule has 4 rings (SSSR count). The lowest BCUT2D eigenvalue weighted by molar-refractivity contribution is -0.121. The first-order chi connectivity index (χ1) is 17.2. The van der Waals surface area contributed by atoms with Gasteiger partial charge >= 0.3 is 5.97 Å². The SMILES string of the molecule is CC(C)OC(=O)c1ccc(N2C(=O)C(Sc3ccc(Cl)cc3)=C(N(C)C3CCN(C)CC3)C2=O)cc1. The lowest BCUT2D eigenvalue weighted by atomic mass is 10.0. The van der Waals surface area contributed by atoms with E-state index in [1.165, 1.54) is 16.7 Å². The average molecular weight is 528 g/mol. The quantitative estimate of drug-likeness (QED) is 0.378. The molecule has 0 atom stereocenters. The summed E-state index contributed by atoms with van der Waals surface area (Å²) in [6.07, 6.45) is 1.57. The molecule has 0 bridgehead atoms. The second kappa shape index (κ2) is 11.1. The molecule has 0 aliphatic carbocycles. The number of hydrogen-bond donors (Lipinski definition) is 0. The van der Waals surface area contributed by atoms with Gasteiger partial charge in [0.25, 0.3) is 11.8 Å². The first-order valence-corrected chi connectivity index (χ1v) is 13.1. The van der Waals surface area contributed by atoms with E-state index in [1.54, 1.807) is 50.2 Å². The van der Waals surface area contributed by atoms with E-state index in [1.807, 2.05) is 24.1 Å². The van der Waals surface area contributed by atoms with Crippen molar-refractivity contribution < 1.29 is 19.1 Å². The zero-order chi connectivity index (χ0) is 26.0. The Hall–Kier alpha value is -2.81. The Kier molecular flexibility index (Phi) is 8.07. The van der Waals surface area contributed by atoms with Crippen LogP contribution in [0.3, 0.4) is 0 Å². The molecule has 1 saturated heterocycles. The van der Waals surface area contributed by atoms with Crippen molar-refractivity contribution in [2.24, 2.45) is 0 Å². The summed E-state index contributed by atoms with van der Waals surface area (Å²) >= 11 is 7.31. The monoisotopic (exact) mass is 527 g/mol. The van der Waals surface area contributed by atoms with Gasteiger partial charge in [0, 0.05) is 23.0 Å². The third-order valence-electron chi connectivity index (χ3n) is 6.34. The molecule has 9 heteroatoms. The Morgan fingerprint density at radius 2 is 1.64 bits per heavy atom. The zero-order valence-corrected chi connectivity index (χ0v) is 22.4. The van der Waals surface area contributed by atoms with Crippen LogP contribution in [-0.2, 0) is 14.3 Å². The summed E-state index contributed by atoms with van der Waals surface area (Å²) in [6, 6.07) is 13.7. The molecule has 2 heterocycles. The Balaban J connectivity index is 1.65. The largest absolute Gasteiger partial charge is 0.459 e. The van der Waals surface area contributed by atoms with E-state index in [9.17, 15) is 14.4 Å². The Morgan fingerprint density at radius 3 is 2.22 bits per heavy atom. The predicted octanol–water partition coefficient (Wildman–Crippen LogP) is 4.81. The van der Waals surface area contributed by atoms with E-state index in [0.717, 1.165) is 30.8 Å². The number of piperidine rings is 1. The average Bonchev–Trinajstić information content (AvgIpc) is 3.09. The number of benzene rings is 2. The zero-order valence-electron chi connectivity index (χ0n) is 20.9. The fraction of sp³-hybridized carbons (Fsp3) is 0.370. The van der Waals surface area contributed by atoms with Crippen molar-refractivity contribution in [3.05, 3.63) is 69.7 Å². The number of imide groups is 1.